The summed E-state index contributed by atoms with van der Waals surface area (Å²) in [6, 6.07) is 6.66. The zero-order valence-electron chi connectivity index (χ0n) is 15.5. The van der Waals surface area contributed by atoms with Crippen LogP contribution in [0.1, 0.15) is 31.7 Å². The molecule has 0 atom stereocenters. The van der Waals surface area contributed by atoms with Crippen LogP contribution in [0, 0.1) is 5.92 Å². The van der Waals surface area contributed by atoms with Crippen molar-refractivity contribution in [3.8, 4) is 5.75 Å². The molecule has 0 saturated carbocycles. The number of carbonyl (C=O) groups excluding carboxylic acids is 2. The first-order valence-electron chi connectivity index (χ1n) is 8.68. The summed E-state index contributed by atoms with van der Waals surface area (Å²) in [5.41, 5.74) is 0.743. The van der Waals surface area contributed by atoms with E-state index in [0.29, 0.717) is 34.4 Å². The van der Waals surface area contributed by atoms with Crippen molar-refractivity contribution in [2.75, 3.05) is 6.54 Å². The summed E-state index contributed by atoms with van der Waals surface area (Å²) in [7, 11) is 0. The Balaban J connectivity index is 1.93. The van der Waals surface area contributed by atoms with Gasteiger partial charge in [-0.25, -0.2) is 0 Å². The molecule has 0 aliphatic carbocycles. The maximum absolute atomic E-state index is 12.6. The molecular formula is C19H19NO7S2. The number of ether oxygens (including phenoxy) is 1. The van der Waals surface area contributed by atoms with Crippen LogP contribution in [0.4, 0.5) is 0 Å². The number of carbonyl (C=O) groups is 4. The topological polar surface area (TPSA) is 121 Å². The summed E-state index contributed by atoms with van der Waals surface area (Å²) in [4.78, 5) is 47.2. The van der Waals surface area contributed by atoms with Crippen LogP contribution in [0.15, 0.2) is 29.2 Å². The molecule has 0 radical (unpaired) electrons. The van der Waals surface area contributed by atoms with Crippen LogP contribution in [0.2, 0.25) is 0 Å². The highest BCUT2D eigenvalue weighted by atomic mass is 32.2. The number of esters is 1. The third kappa shape index (κ3) is 6.40. The van der Waals surface area contributed by atoms with Crippen molar-refractivity contribution in [1.29, 1.82) is 0 Å². The van der Waals surface area contributed by atoms with Crippen LogP contribution >= 0.6 is 24.0 Å². The Morgan fingerprint density at radius 2 is 1.79 bits per heavy atom. The zero-order valence-corrected chi connectivity index (χ0v) is 17.1. The minimum absolute atomic E-state index is 0.00994. The van der Waals surface area contributed by atoms with Crippen LogP contribution in [-0.4, -0.2) is 49.8 Å². The van der Waals surface area contributed by atoms with Gasteiger partial charge in [-0.15, -0.1) is 0 Å². The van der Waals surface area contributed by atoms with Crippen LogP contribution in [0.3, 0.4) is 0 Å². The molecule has 2 N–H and O–H groups in total. The molecule has 0 bridgehead atoms. The minimum Gasteiger partial charge on any atom is -0.481 e. The van der Waals surface area contributed by atoms with Gasteiger partial charge >= 0.3 is 17.9 Å². The second kappa shape index (κ2) is 10.2. The van der Waals surface area contributed by atoms with E-state index in [9.17, 15) is 19.2 Å². The Bertz CT molecular complexity index is 850. The molecule has 0 unspecified atom stereocenters. The molecule has 1 saturated heterocycles. The van der Waals surface area contributed by atoms with Crippen molar-refractivity contribution in [1.82, 2.24) is 4.90 Å². The molecule has 29 heavy (non-hydrogen) atoms. The highest BCUT2D eigenvalue weighted by molar-refractivity contribution is 8.26. The molecule has 154 valence electrons. The number of benzene rings is 1. The summed E-state index contributed by atoms with van der Waals surface area (Å²) in [5, 5.41) is 17.7. The molecule has 1 aromatic carbocycles. The fourth-order valence-electron chi connectivity index (χ4n) is 2.61. The van der Waals surface area contributed by atoms with E-state index in [1.54, 1.807) is 30.3 Å². The molecular weight excluding hydrogens is 418 g/mol. The third-order valence-electron chi connectivity index (χ3n) is 4.03. The summed E-state index contributed by atoms with van der Waals surface area (Å²) < 4.78 is 5.36. The number of rotatable bonds is 9. The lowest BCUT2D eigenvalue weighted by molar-refractivity contribution is -0.155. The number of carboxylic acid groups (broad SMARTS) is 2. The third-order valence-corrected chi connectivity index (χ3v) is 5.41. The van der Waals surface area contributed by atoms with Gasteiger partial charge in [-0.1, -0.05) is 42.5 Å². The monoisotopic (exact) mass is 437 g/mol. The van der Waals surface area contributed by atoms with E-state index < -0.39 is 23.8 Å². The van der Waals surface area contributed by atoms with Crippen molar-refractivity contribution < 1.29 is 34.1 Å². The van der Waals surface area contributed by atoms with Crippen LogP contribution < -0.4 is 4.74 Å². The van der Waals surface area contributed by atoms with Gasteiger partial charge in [0.25, 0.3) is 5.91 Å². The van der Waals surface area contributed by atoms with E-state index in [1.807, 2.05) is 0 Å². The Morgan fingerprint density at radius 3 is 2.34 bits per heavy atom. The van der Waals surface area contributed by atoms with Gasteiger partial charge in [0.2, 0.25) is 0 Å². The highest BCUT2D eigenvalue weighted by Crippen LogP contribution is 2.33. The SMILES string of the molecule is CC(=O)Oc1ccc(C=C2SC(=S)N(CCCCC(C(=O)O)C(=O)O)C2=O)cc1. The van der Waals surface area contributed by atoms with Gasteiger partial charge in [-0.2, -0.15) is 0 Å². The fraction of sp³-hybridized carbons (Fsp3) is 0.316. The van der Waals surface area contributed by atoms with Crippen molar-refractivity contribution >= 4 is 58.2 Å². The fourth-order valence-corrected chi connectivity index (χ4v) is 3.92. The number of unbranched alkanes of at least 4 members (excludes halogenated alkanes) is 1. The van der Waals surface area contributed by atoms with E-state index in [1.165, 1.54) is 11.8 Å². The van der Waals surface area contributed by atoms with Crippen molar-refractivity contribution in [2.45, 2.75) is 26.2 Å². The quantitative estimate of drug-likeness (QED) is 0.150. The standard InChI is InChI=1S/C19H19NO7S2/c1-11(21)27-13-7-5-12(6-8-13)10-15-16(22)20(19(28)29-15)9-3-2-4-14(17(23)24)18(25)26/h5-8,10,14H,2-4,9H2,1H3,(H,23,24)(H,25,26). The number of thioether (sulfide) groups is 1. The molecule has 0 aromatic heterocycles. The highest BCUT2D eigenvalue weighted by Gasteiger charge is 2.32. The first kappa shape index (κ1) is 22.6. The molecule has 1 aromatic rings. The first-order chi connectivity index (χ1) is 13.7. The maximum Gasteiger partial charge on any atom is 0.317 e. The number of thiocarbonyl (C=S) groups is 1. The second-order valence-electron chi connectivity index (χ2n) is 6.22. The first-order valence-corrected chi connectivity index (χ1v) is 9.91. The molecule has 2 rings (SSSR count). The van der Waals surface area contributed by atoms with Crippen LogP contribution in [-0.2, 0) is 19.2 Å². The van der Waals surface area contributed by atoms with E-state index in [4.69, 9.17) is 27.2 Å². The average Bonchev–Trinajstić information content (AvgIpc) is 2.89. The summed E-state index contributed by atoms with van der Waals surface area (Å²) >= 11 is 6.41. The lowest BCUT2D eigenvalue weighted by atomic mass is 10.0. The molecule has 1 aliphatic rings. The number of amides is 1. The Labute approximate surface area is 176 Å². The molecule has 1 fully saturated rings. The molecule has 1 aliphatic heterocycles. The van der Waals surface area contributed by atoms with Gasteiger partial charge < -0.3 is 14.9 Å². The van der Waals surface area contributed by atoms with E-state index >= 15 is 0 Å². The Kier molecular flexibility index (Phi) is 7.91. The number of nitrogens with zero attached hydrogens (tertiary/aromatic N) is 1. The normalized spacial score (nSPS) is 15.2. The Hall–Kier alpha value is -2.72. The van der Waals surface area contributed by atoms with Gasteiger partial charge in [0, 0.05) is 13.5 Å². The molecule has 1 heterocycles. The van der Waals surface area contributed by atoms with Gasteiger partial charge in [-0.05, 0) is 36.6 Å². The number of carboxylic acids is 2. The maximum atomic E-state index is 12.6. The lowest BCUT2D eigenvalue weighted by Gasteiger charge is -2.14. The van der Waals surface area contributed by atoms with Crippen molar-refractivity contribution in [2.24, 2.45) is 5.92 Å². The number of aliphatic carboxylic acids is 2. The second-order valence-corrected chi connectivity index (χ2v) is 7.90. The van der Waals surface area contributed by atoms with Crippen molar-refractivity contribution in [3.05, 3.63) is 34.7 Å². The van der Waals surface area contributed by atoms with E-state index in [0.717, 1.165) is 17.3 Å². The predicted molar refractivity (Wildman–Crippen MR) is 110 cm³/mol. The van der Waals surface area contributed by atoms with E-state index in [-0.39, 0.29) is 12.3 Å². The van der Waals surface area contributed by atoms with E-state index in [2.05, 4.69) is 0 Å². The number of hydrogen-bond donors (Lipinski definition) is 2. The van der Waals surface area contributed by atoms with Gasteiger partial charge in [0.15, 0.2) is 5.92 Å². The lowest BCUT2D eigenvalue weighted by Crippen LogP contribution is -2.29. The summed E-state index contributed by atoms with van der Waals surface area (Å²) in [6.45, 7) is 1.60. The van der Waals surface area contributed by atoms with Crippen LogP contribution in [0.25, 0.3) is 6.08 Å². The Morgan fingerprint density at radius 1 is 1.17 bits per heavy atom. The minimum atomic E-state index is -1.45. The average molecular weight is 437 g/mol. The predicted octanol–water partition coefficient (Wildman–Crippen LogP) is 2.77. The van der Waals surface area contributed by atoms with Gasteiger partial charge in [0.1, 0.15) is 10.1 Å². The largest absolute Gasteiger partial charge is 0.481 e. The summed E-state index contributed by atoms with van der Waals surface area (Å²) in [5.74, 6) is -4.45. The molecule has 0 spiro atoms. The smallest absolute Gasteiger partial charge is 0.317 e. The van der Waals surface area contributed by atoms with Crippen molar-refractivity contribution in [3.63, 3.8) is 0 Å². The number of hydrogen-bond acceptors (Lipinski definition) is 7. The zero-order chi connectivity index (χ0) is 21.6. The van der Waals surface area contributed by atoms with Crippen LogP contribution in [0.5, 0.6) is 5.75 Å². The van der Waals surface area contributed by atoms with Gasteiger partial charge in [-0.3, -0.25) is 24.1 Å². The van der Waals surface area contributed by atoms with Gasteiger partial charge in [0.05, 0.1) is 4.91 Å². The molecule has 8 nitrogen and oxygen atoms in total. The molecule has 10 heteroatoms. The summed E-state index contributed by atoms with van der Waals surface area (Å²) in [6.07, 6.45) is 2.45. The molecule has 1 amide bonds.